The molecule has 3 heteroatoms. The molecule has 0 aromatic carbocycles. The third kappa shape index (κ3) is 2.51. The Morgan fingerprint density at radius 2 is 1.87 bits per heavy atom. The topological polar surface area (TPSA) is 55.1 Å². The minimum absolute atomic E-state index is 0.290. The Kier molecular flexibility index (Phi) is 3.62. The van der Waals surface area contributed by atoms with Gasteiger partial charge in [-0.2, -0.15) is 0 Å². The molecule has 2 atom stereocenters. The van der Waals surface area contributed by atoms with Crippen molar-refractivity contribution in [1.29, 1.82) is 0 Å². The Balaban J connectivity index is 1.82. The predicted octanol–water partition coefficient (Wildman–Crippen LogP) is 1.42. The van der Waals surface area contributed by atoms with Crippen LogP contribution in [0.3, 0.4) is 0 Å². The largest absolute Gasteiger partial charge is 0.353 e. The van der Waals surface area contributed by atoms with E-state index in [1.807, 2.05) is 0 Å². The molecule has 0 spiro atoms. The number of carbonyl (C=O) groups is 1. The van der Waals surface area contributed by atoms with E-state index in [1.54, 1.807) is 0 Å². The van der Waals surface area contributed by atoms with Crippen molar-refractivity contribution in [2.75, 3.05) is 6.54 Å². The number of nitrogens with two attached hydrogens (primary N) is 1. The first-order valence-corrected chi connectivity index (χ1v) is 6.31. The van der Waals surface area contributed by atoms with E-state index >= 15 is 0 Å². The predicted molar refractivity (Wildman–Crippen MR) is 60.3 cm³/mol. The lowest BCUT2D eigenvalue weighted by Crippen LogP contribution is -2.42. The first-order chi connectivity index (χ1) is 7.31. The van der Waals surface area contributed by atoms with Crippen molar-refractivity contribution in [2.24, 2.45) is 17.6 Å². The second-order valence-electron chi connectivity index (χ2n) is 5.02. The normalized spacial score (nSPS) is 32.1. The maximum atomic E-state index is 11.9. The van der Waals surface area contributed by atoms with Gasteiger partial charge in [0.05, 0.1) is 0 Å². The summed E-state index contributed by atoms with van der Waals surface area (Å²) in [5.41, 5.74) is 5.70. The lowest BCUT2D eigenvalue weighted by Gasteiger charge is -2.21. The van der Waals surface area contributed by atoms with Crippen molar-refractivity contribution in [3.8, 4) is 0 Å². The summed E-state index contributed by atoms with van der Waals surface area (Å²) < 4.78 is 0. The highest BCUT2D eigenvalue weighted by atomic mass is 16.1. The molecular weight excluding hydrogens is 188 g/mol. The van der Waals surface area contributed by atoms with Crippen molar-refractivity contribution in [3.63, 3.8) is 0 Å². The van der Waals surface area contributed by atoms with Crippen LogP contribution in [0.2, 0.25) is 0 Å². The van der Waals surface area contributed by atoms with Crippen LogP contribution >= 0.6 is 0 Å². The van der Waals surface area contributed by atoms with Crippen LogP contribution < -0.4 is 11.1 Å². The first-order valence-electron chi connectivity index (χ1n) is 6.31. The fourth-order valence-corrected chi connectivity index (χ4v) is 3.00. The number of rotatable bonds is 3. The van der Waals surface area contributed by atoms with E-state index in [0.29, 0.717) is 17.9 Å². The highest BCUT2D eigenvalue weighted by Gasteiger charge is 2.30. The summed E-state index contributed by atoms with van der Waals surface area (Å²) in [7, 11) is 0. The molecule has 1 amide bonds. The van der Waals surface area contributed by atoms with Crippen molar-refractivity contribution in [2.45, 2.75) is 51.0 Å². The van der Waals surface area contributed by atoms with Gasteiger partial charge in [-0.1, -0.05) is 19.3 Å². The van der Waals surface area contributed by atoms with Gasteiger partial charge in [0.1, 0.15) is 0 Å². The minimum atomic E-state index is 0.290. The van der Waals surface area contributed by atoms with Gasteiger partial charge in [-0.05, 0) is 38.1 Å². The maximum Gasteiger partial charge on any atom is 0.223 e. The molecule has 0 bridgehead atoms. The van der Waals surface area contributed by atoms with Crippen LogP contribution in [0, 0.1) is 11.8 Å². The molecule has 2 rings (SSSR count). The molecule has 0 heterocycles. The quantitative estimate of drug-likeness (QED) is 0.740. The molecule has 15 heavy (non-hydrogen) atoms. The lowest BCUT2D eigenvalue weighted by atomic mass is 10.0. The summed E-state index contributed by atoms with van der Waals surface area (Å²) >= 11 is 0. The van der Waals surface area contributed by atoms with Gasteiger partial charge in [-0.15, -0.1) is 0 Å². The fourth-order valence-electron chi connectivity index (χ4n) is 3.00. The van der Waals surface area contributed by atoms with E-state index in [4.69, 9.17) is 5.73 Å². The van der Waals surface area contributed by atoms with Crippen LogP contribution in [0.15, 0.2) is 0 Å². The van der Waals surface area contributed by atoms with Crippen LogP contribution in [-0.2, 0) is 4.79 Å². The van der Waals surface area contributed by atoms with Crippen LogP contribution in [0.1, 0.15) is 44.9 Å². The summed E-state index contributed by atoms with van der Waals surface area (Å²) in [6, 6.07) is 0.364. The fraction of sp³-hybridized carbons (Fsp3) is 0.917. The summed E-state index contributed by atoms with van der Waals surface area (Å²) in [5, 5.41) is 3.20. The van der Waals surface area contributed by atoms with Crippen molar-refractivity contribution < 1.29 is 4.79 Å². The SMILES string of the molecule is NCC1CCCC1NC(=O)C1CCCC1. The van der Waals surface area contributed by atoms with Gasteiger partial charge in [0.2, 0.25) is 5.91 Å². The molecule has 0 aliphatic heterocycles. The molecule has 0 saturated heterocycles. The van der Waals surface area contributed by atoms with E-state index in [1.165, 1.54) is 25.7 Å². The zero-order chi connectivity index (χ0) is 10.7. The molecule has 2 aliphatic carbocycles. The van der Waals surface area contributed by atoms with E-state index < -0.39 is 0 Å². The molecule has 86 valence electrons. The molecule has 3 nitrogen and oxygen atoms in total. The standard InChI is InChI=1S/C12H22N2O/c13-8-10-6-3-7-11(10)14-12(15)9-4-1-2-5-9/h9-11H,1-8,13H2,(H,14,15). The average Bonchev–Trinajstić information content (AvgIpc) is 2.87. The number of amides is 1. The van der Waals surface area contributed by atoms with Gasteiger partial charge in [-0.3, -0.25) is 4.79 Å². The van der Waals surface area contributed by atoms with Gasteiger partial charge >= 0.3 is 0 Å². The summed E-state index contributed by atoms with van der Waals surface area (Å²) in [6.45, 7) is 0.718. The van der Waals surface area contributed by atoms with E-state index in [9.17, 15) is 4.79 Å². The molecular formula is C12H22N2O. The second-order valence-corrected chi connectivity index (χ2v) is 5.02. The lowest BCUT2D eigenvalue weighted by molar-refractivity contribution is -0.125. The van der Waals surface area contributed by atoms with Gasteiger partial charge in [0, 0.05) is 12.0 Å². The monoisotopic (exact) mass is 210 g/mol. The number of hydrogen-bond donors (Lipinski definition) is 2. The second kappa shape index (κ2) is 4.97. The zero-order valence-corrected chi connectivity index (χ0v) is 9.37. The molecule has 2 saturated carbocycles. The average molecular weight is 210 g/mol. The maximum absolute atomic E-state index is 11.9. The van der Waals surface area contributed by atoms with Crippen LogP contribution in [-0.4, -0.2) is 18.5 Å². The minimum Gasteiger partial charge on any atom is -0.353 e. The third-order valence-electron chi connectivity index (χ3n) is 4.02. The van der Waals surface area contributed by atoms with E-state index in [0.717, 1.165) is 25.8 Å². The molecule has 0 radical (unpaired) electrons. The Morgan fingerprint density at radius 1 is 1.13 bits per heavy atom. The van der Waals surface area contributed by atoms with Gasteiger partial charge in [0.25, 0.3) is 0 Å². The number of hydrogen-bond acceptors (Lipinski definition) is 2. The highest BCUT2D eigenvalue weighted by Crippen LogP contribution is 2.28. The van der Waals surface area contributed by atoms with Crippen LogP contribution in [0.25, 0.3) is 0 Å². The third-order valence-corrected chi connectivity index (χ3v) is 4.02. The molecule has 0 aromatic heterocycles. The van der Waals surface area contributed by atoms with Gasteiger partial charge in [-0.25, -0.2) is 0 Å². The van der Waals surface area contributed by atoms with Gasteiger partial charge in [0.15, 0.2) is 0 Å². The van der Waals surface area contributed by atoms with Crippen LogP contribution in [0.4, 0.5) is 0 Å². The number of nitrogens with one attached hydrogen (secondary N) is 1. The molecule has 0 aromatic rings. The Hall–Kier alpha value is -0.570. The van der Waals surface area contributed by atoms with Gasteiger partial charge < -0.3 is 11.1 Å². The molecule has 2 aliphatic rings. The van der Waals surface area contributed by atoms with Crippen molar-refractivity contribution in [3.05, 3.63) is 0 Å². The number of carbonyl (C=O) groups excluding carboxylic acids is 1. The Labute approximate surface area is 91.8 Å². The first kappa shape index (κ1) is 10.9. The summed E-state index contributed by atoms with van der Waals surface area (Å²) in [6.07, 6.45) is 8.16. The van der Waals surface area contributed by atoms with E-state index in [-0.39, 0.29) is 5.91 Å². The van der Waals surface area contributed by atoms with Crippen molar-refractivity contribution in [1.82, 2.24) is 5.32 Å². The Bertz CT molecular complexity index is 224. The van der Waals surface area contributed by atoms with E-state index in [2.05, 4.69) is 5.32 Å². The zero-order valence-electron chi connectivity index (χ0n) is 9.37. The summed E-state index contributed by atoms with van der Waals surface area (Å²) in [5.74, 6) is 1.11. The Morgan fingerprint density at radius 3 is 2.53 bits per heavy atom. The summed E-state index contributed by atoms with van der Waals surface area (Å²) in [4.78, 5) is 11.9. The smallest absolute Gasteiger partial charge is 0.223 e. The highest BCUT2D eigenvalue weighted by molar-refractivity contribution is 5.79. The van der Waals surface area contributed by atoms with Crippen LogP contribution in [0.5, 0.6) is 0 Å². The van der Waals surface area contributed by atoms with Crippen molar-refractivity contribution >= 4 is 5.91 Å². The molecule has 2 fully saturated rings. The molecule has 3 N–H and O–H groups in total. The molecule has 2 unspecified atom stereocenters.